The van der Waals surface area contributed by atoms with Gasteiger partial charge in [-0.2, -0.15) is 0 Å². The molecule has 0 N–H and O–H groups in total. The number of tetrazole rings is 1. The number of morpholine rings is 1. The Kier molecular flexibility index (Phi) is 4.33. The van der Waals surface area contributed by atoms with Gasteiger partial charge in [0.25, 0.3) is 5.91 Å². The minimum atomic E-state index is -3.28. The Hall–Kier alpha value is -2.33. The van der Waals surface area contributed by atoms with Gasteiger partial charge >= 0.3 is 0 Å². The van der Waals surface area contributed by atoms with Gasteiger partial charge in [0.05, 0.1) is 18.0 Å². The van der Waals surface area contributed by atoms with Gasteiger partial charge in [0.2, 0.25) is 0 Å². The SMILES string of the molecule is Cn1nnnc1C1CN(C(=O)c2ccc(S(C)(=O)=O)cc2)CCO1. The van der Waals surface area contributed by atoms with Crippen LogP contribution in [0.25, 0.3) is 0 Å². The van der Waals surface area contributed by atoms with Crippen LogP contribution in [-0.2, 0) is 21.6 Å². The molecule has 1 aliphatic rings. The molecule has 0 bridgehead atoms. The largest absolute Gasteiger partial charge is 0.366 e. The zero-order valence-electron chi connectivity index (χ0n) is 13.3. The summed E-state index contributed by atoms with van der Waals surface area (Å²) in [6.45, 7) is 1.17. The highest BCUT2D eigenvalue weighted by Crippen LogP contribution is 2.21. The standard InChI is InChI=1S/C14H17N5O4S/c1-18-13(15-16-17-18)12-9-19(7-8-23-12)14(20)10-3-5-11(6-4-10)24(2,21)22/h3-6,12H,7-9H2,1-2H3. The monoisotopic (exact) mass is 351 g/mol. The van der Waals surface area contributed by atoms with E-state index in [0.717, 1.165) is 6.26 Å². The van der Waals surface area contributed by atoms with Crippen LogP contribution in [0.5, 0.6) is 0 Å². The maximum absolute atomic E-state index is 12.6. The maximum Gasteiger partial charge on any atom is 0.254 e. The first-order valence-electron chi connectivity index (χ1n) is 7.29. The van der Waals surface area contributed by atoms with E-state index < -0.39 is 15.9 Å². The van der Waals surface area contributed by atoms with Gasteiger partial charge < -0.3 is 9.64 Å². The van der Waals surface area contributed by atoms with Gasteiger partial charge in [-0.1, -0.05) is 0 Å². The number of amides is 1. The van der Waals surface area contributed by atoms with Crippen molar-refractivity contribution in [1.82, 2.24) is 25.1 Å². The summed E-state index contributed by atoms with van der Waals surface area (Å²) < 4.78 is 30.1. The predicted octanol–water partition coefficient (Wildman–Crippen LogP) is -0.173. The second-order valence-corrected chi connectivity index (χ2v) is 7.58. The molecule has 0 spiro atoms. The molecule has 0 radical (unpaired) electrons. The second-order valence-electron chi connectivity index (χ2n) is 5.57. The first-order valence-corrected chi connectivity index (χ1v) is 9.18. The fraction of sp³-hybridized carbons (Fsp3) is 0.429. The minimum absolute atomic E-state index is 0.182. The topological polar surface area (TPSA) is 107 Å². The van der Waals surface area contributed by atoms with Crippen LogP contribution in [0.1, 0.15) is 22.3 Å². The van der Waals surface area contributed by atoms with Gasteiger partial charge in [-0.05, 0) is 34.7 Å². The number of carbonyl (C=O) groups is 1. The molecule has 1 aromatic heterocycles. The number of sulfone groups is 1. The Morgan fingerprint density at radius 1 is 1.29 bits per heavy atom. The van der Waals surface area contributed by atoms with E-state index in [-0.39, 0.29) is 10.8 Å². The van der Waals surface area contributed by atoms with Crippen LogP contribution in [0.2, 0.25) is 0 Å². The van der Waals surface area contributed by atoms with Crippen LogP contribution in [0.15, 0.2) is 29.2 Å². The summed E-state index contributed by atoms with van der Waals surface area (Å²) >= 11 is 0. The normalized spacial score (nSPS) is 18.6. The molecule has 128 valence electrons. The van der Waals surface area contributed by atoms with Crippen LogP contribution < -0.4 is 0 Å². The number of rotatable bonds is 3. The lowest BCUT2D eigenvalue weighted by molar-refractivity contribution is -0.0284. The Morgan fingerprint density at radius 2 is 2.00 bits per heavy atom. The highest BCUT2D eigenvalue weighted by Gasteiger charge is 2.29. The van der Waals surface area contributed by atoms with Crippen molar-refractivity contribution in [3.8, 4) is 0 Å². The third kappa shape index (κ3) is 3.29. The molecule has 1 unspecified atom stereocenters. The number of ether oxygens (including phenoxy) is 1. The van der Waals surface area contributed by atoms with Crippen molar-refractivity contribution in [1.29, 1.82) is 0 Å². The minimum Gasteiger partial charge on any atom is -0.366 e. The molecule has 1 amide bonds. The molecule has 0 saturated carbocycles. The lowest BCUT2D eigenvalue weighted by Gasteiger charge is -2.32. The van der Waals surface area contributed by atoms with Crippen molar-refractivity contribution in [2.75, 3.05) is 26.0 Å². The van der Waals surface area contributed by atoms with Crippen LogP contribution >= 0.6 is 0 Å². The van der Waals surface area contributed by atoms with Crippen molar-refractivity contribution < 1.29 is 17.9 Å². The highest BCUT2D eigenvalue weighted by atomic mass is 32.2. The van der Waals surface area contributed by atoms with Gasteiger partial charge in [0.15, 0.2) is 15.7 Å². The van der Waals surface area contributed by atoms with Crippen molar-refractivity contribution in [2.24, 2.45) is 7.05 Å². The van der Waals surface area contributed by atoms with E-state index in [9.17, 15) is 13.2 Å². The molecule has 24 heavy (non-hydrogen) atoms. The molecule has 2 heterocycles. The summed E-state index contributed by atoms with van der Waals surface area (Å²) in [4.78, 5) is 14.5. The molecule has 10 heteroatoms. The molecule has 1 aromatic carbocycles. The lowest BCUT2D eigenvalue weighted by Crippen LogP contribution is -2.42. The van der Waals surface area contributed by atoms with Crippen molar-refractivity contribution in [2.45, 2.75) is 11.0 Å². The lowest BCUT2D eigenvalue weighted by atomic mass is 10.1. The van der Waals surface area contributed by atoms with Gasteiger partial charge in [-0.25, -0.2) is 13.1 Å². The molecule has 3 rings (SSSR count). The van der Waals surface area contributed by atoms with E-state index in [1.54, 1.807) is 11.9 Å². The average molecular weight is 351 g/mol. The van der Waals surface area contributed by atoms with E-state index in [0.29, 0.717) is 31.1 Å². The van der Waals surface area contributed by atoms with Gasteiger partial charge in [0, 0.05) is 25.4 Å². The summed E-state index contributed by atoms with van der Waals surface area (Å²) in [5.74, 6) is 0.374. The van der Waals surface area contributed by atoms with E-state index in [2.05, 4.69) is 15.5 Å². The fourth-order valence-electron chi connectivity index (χ4n) is 2.53. The van der Waals surface area contributed by atoms with Crippen LogP contribution in [-0.4, -0.2) is 65.4 Å². The maximum atomic E-state index is 12.6. The third-order valence-corrected chi connectivity index (χ3v) is 4.95. The van der Waals surface area contributed by atoms with Crippen LogP contribution in [0.4, 0.5) is 0 Å². The molecule has 1 fully saturated rings. The summed E-state index contributed by atoms with van der Waals surface area (Å²) in [6, 6.07) is 5.92. The Labute approximate surface area is 139 Å². The third-order valence-electron chi connectivity index (χ3n) is 3.82. The Balaban J connectivity index is 1.76. The van der Waals surface area contributed by atoms with Crippen LogP contribution in [0.3, 0.4) is 0 Å². The van der Waals surface area contributed by atoms with Gasteiger partial charge in [0.1, 0.15) is 6.10 Å². The Morgan fingerprint density at radius 3 is 2.58 bits per heavy atom. The molecule has 1 atom stereocenters. The quantitative estimate of drug-likeness (QED) is 0.755. The number of benzene rings is 1. The fourth-order valence-corrected chi connectivity index (χ4v) is 3.16. The molecule has 2 aromatic rings. The number of hydrogen-bond donors (Lipinski definition) is 0. The average Bonchev–Trinajstić information content (AvgIpc) is 3.00. The van der Waals surface area contributed by atoms with Crippen molar-refractivity contribution in [3.05, 3.63) is 35.7 Å². The summed E-state index contributed by atoms with van der Waals surface area (Å²) in [5, 5.41) is 11.3. The first-order chi connectivity index (χ1) is 11.4. The summed E-state index contributed by atoms with van der Waals surface area (Å²) in [5.41, 5.74) is 0.430. The predicted molar refractivity (Wildman–Crippen MR) is 82.9 cm³/mol. The molecular formula is C14H17N5O4S. The molecule has 9 nitrogen and oxygen atoms in total. The Bertz CT molecular complexity index is 846. The number of hydrogen-bond acceptors (Lipinski definition) is 7. The number of nitrogens with zero attached hydrogens (tertiary/aromatic N) is 5. The van der Waals surface area contributed by atoms with E-state index >= 15 is 0 Å². The molecule has 1 saturated heterocycles. The number of aryl methyl sites for hydroxylation is 1. The zero-order chi connectivity index (χ0) is 17.3. The first kappa shape index (κ1) is 16.5. The van der Waals surface area contributed by atoms with Crippen LogP contribution in [0, 0.1) is 0 Å². The van der Waals surface area contributed by atoms with E-state index in [1.165, 1.54) is 28.9 Å². The number of carbonyl (C=O) groups excluding carboxylic acids is 1. The van der Waals surface area contributed by atoms with E-state index in [4.69, 9.17) is 4.74 Å². The molecular weight excluding hydrogens is 334 g/mol. The molecule has 1 aliphatic heterocycles. The van der Waals surface area contributed by atoms with Gasteiger partial charge in [-0.15, -0.1) is 5.10 Å². The van der Waals surface area contributed by atoms with E-state index in [1.807, 2.05) is 0 Å². The highest BCUT2D eigenvalue weighted by molar-refractivity contribution is 7.90. The van der Waals surface area contributed by atoms with Crippen molar-refractivity contribution in [3.63, 3.8) is 0 Å². The van der Waals surface area contributed by atoms with Gasteiger partial charge in [-0.3, -0.25) is 4.79 Å². The number of aromatic nitrogens is 4. The summed E-state index contributed by atoms with van der Waals surface area (Å²) in [7, 11) is -1.57. The summed E-state index contributed by atoms with van der Waals surface area (Å²) in [6.07, 6.45) is 0.740. The second kappa shape index (κ2) is 6.29. The smallest absolute Gasteiger partial charge is 0.254 e. The molecule has 0 aliphatic carbocycles. The van der Waals surface area contributed by atoms with Crippen molar-refractivity contribution >= 4 is 15.7 Å². The zero-order valence-corrected chi connectivity index (χ0v) is 14.1.